The van der Waals surface area contributed by atoms with E-state index in [0.29, 0.717) is 34.6 Å². The maximum atomic E-state index is 11.9. The Morgan fingerprint density at radius 2 is 1.68 bits per heavy atom. The molecule has 3 fully saturated rings. The number of aryl methyl sites for hydroxylation is 1. The van der Waals surface area contributed by atoms with Gasteiger partial charge in [0.1, 0.15) is 17.2 Å². The van der Waals surface area contributed by atoms with Crippen LogP contribution >= 0.6 is 23.2 Å². The molecular formula is C39H39Cl2N5O4. The maximum Gasteiger partial charge on any atom is 0.237 e. The van der Waals surface area contributed by atoms with E-state index in [2.05, 4.69) is 27.2 Å². The molecule has 0 bridgehead atoms. The van der Waals surface area contributed by atoms with Gasteiger partial charge < -0.3 is 14.8 Å². The Bertz CT molecular complexity index is 2020. The van der Waals surface area contributed by atoms with Crippen LogP contribution in [-0.2, 0) is 22.6 Å². The first-order chi connectivity index (χ1) is 24.2. The average Bonchev–Trinajstić information content (AvgIpc) is 3.68. The number of carbonyl (C=O) groups is 2. The summed E-state index contributed by atoms with van der Waals surface area (Å²) in [6, 6.07) is 16.4. The highest BCUT2D eigenvalue weighted by Gasteiger charge is 2.47. The van der Waals surface area contributed by atoms with Crippen molar-refractivity contribution in [3.63, 3.8) is 0 Å². The van der Waals surface area contributed by atoms with E-state index in [-0.39, 0.29) is 29.2 Å². The highest BCUT2D eigenvalue weighted by atomic mass is 35.5. The molecule has 1 aliphatic carbocycles. The number of ether oxygens (including phenoxy) is 2. The molecule has 3 aromatic carbocycles. The van der Waals surface area contributed by atoms with Gasteiger partial charge in [0.2, 0.25) is 11.8 Å². The summed E-state index contributed by atoms with van der Waals surface area (Å²) in [7, 11) is 3.31. The SMILES string of the molecule is COc1cc(-c2cccc(-c3cccc(-c4cnc(CN5CC6(CCC(=O)N6)C5)c(OC)n4)c3Cl)c2Cl)cc2c1[C@@H](N1CC(C(C)=O)C1)CC2. The van der Waals surface area contributed by atoms with Crippen molar-refractivity contribution in [1.82, 2.24) is 25.1 Å². The van der Waals surface area contributed by atoms with Crippen molar-refractivity contribution in [2.45, 2.75) is 50.7 Å². The molecule has 1 spiro atoms. The monoisotopic (exact) mass is 711 g/mol. The van der Waals surface area contributed by atoms with Gasteiger partial charge in [-0.25, -0.2) is 4.98 Å². The number of nitrogens with zero attached hydrogens (tertiary/aromatic N) is 4. The fraction of sp³-hybridized carbons (Fsp3) is 0.385. The molecule has 1 atom stereocenters. The Hall–Kier alpha value is -4.02. The zero-order chi connectivity index (χ0) is 34.7. The normalized spacial score (nSPS) is 19.9. The van der Waals surface area contributed by atoms with E-state index in [1.807, 2.05) is 36.4 Å². The lowest BCUT2D eigenvalue weighted by Gasteiger charge is -2.47. The van der Waals surface area contributed by atoms with Gasteiger partial charge in [0, 0.05) is 78.9 Å². The number of halogens is 2. The van der Waals surface area contributed by atoms with E-state index in [9.17, 15) is 9.59 Å². The molecule has 0 saturated carbocycles. The van der Waals surface area contributed by atoms with Crippen LogP contribution in [0.1, 0.15) is 49.0 Å². The van der Waals surface area contributed by atoms with Crippen LogP contribution in [0.15, 0.2) is 54.7 Å². The Morgan fingerprint density at radius 1 is 0.980 bits per heavy atom. The number of fused-ring (bicyclic) bond motifs is 1. The van der Waals surface area contributed by atoms with Crippen molar-refractivity contribution in [3.8, 4) is 45.1 Å². The lowest BCUT2D eigenvalue weighted by atomic mass is 9.88. The van der Waals surface area contributed by atoms with Crippen molar-refractivity contribution in [1.29, 1.82) is 0 Å². The summed E-state index contributed by atoms with van der Waals surface area (Å²) in [5.74, 6) is 1.82. The molecule has 4 aliphatic rings. The van der Waals surface area contributed by atoms with E-state index < -0.39 is 0 Å². The second-order valence-electron chi connectivity index (χ2n) is 14.1. The quantitative estimate of drug-likeness (QED) is 0.203. The topological polar surface area (TPSA) is 96.9 Å². The molecule has 11 heteroatoms. The molecular weight excluding hydrogens is 673 g/mol. The summed E-state index contributed by atoms with van der Waals surface area (Å²) in [6.07, 6.45) is 5.14. The van der Waals surface area contributed by atoms with Gasteiger partial charge in [-0.3, -0.25) is 24.4 Å². The maximum absolute atomic E-state index is 11.9. The smallest absolute Gasteiger partial charge is 0.237 e. The van der Waals surface area contributed by atoms with Crippen LogP contribution in [0.3, 0.4) is 0 Å². The number of methoxy groups -OCH3 is 2. The number of rotatable bonds is 9. The Morgan fingerprint density at radius 3 is 2.34 bits per heavy atom. The van der Waals surface area contributed by atoms with Crippen LogP contribution in [-0.4, -0.2) is 77.4 Å². The average molecular weight is 713 g/mol. The van der Waals surface area contributed by atoms with Crippen molar-refractivity contribution in [3.05, 3.63) is 81.6 Å². The molecule has 1 N–H and O–H groups in total. The summed E-state index contributed by atoms with van der Waals surface area (Å²) < 4.78 is 11.6. The molecule has 1 aromatic heterocycles. The minimum absolute atomic E-state index is 0.101. The standard InChI is InChI=1S/C39H39Cl2N5O4/c1-22(47)25-17-46(18-25)32-11-10-23-14-24(15-33(49-2)35(23)32)26-6-4-7-27(36(26)40)28-8-5-9-29(37(28)41)30-16-42-31(38(43-30)50-3)19-45-20-39(21-45)13-12-34(48)44-39/h4-9,14-16,25,32H,10-13,17-21H2,1-3H3,(H,44,48)/t32-/m0/s1. The van der Waals surface area contributed by atoms with Crippen LogP contribution < -0.4 is 14.8 Å². The molecule has 4 aromatic rings. The first-order valence-electron chi connectivity index (χ1n) is 17.1. The second kappa shape index (κ2) is 12.9. The fourth-order valence-corrected chi connectivity index (χ4v) is 8.92. The molecule has 3 saturated heterocycles. The van der Waals surface area contributed by atoms with Crippen LogP contribution in [0.2, 0.25) is 10.0 Å². The van der Waals surface area contributed by atoms with Gasteiger partial charge in [0.05, 0.1) is 41.7 Å². The summed E-state index contributed by atoms with van der Waals surface area (Å²) >= 11 is 14.4. The van der Waals surface area contributed by atoms with E-state index in [4.69, 9.17) is 42.6 Å². The third kappa shape index (κ3) is 5.74. The molecule has 3 aliphatic heterocycles. The summed E-state index contributed by atoms with van der Waals surface area (Å²) in [4.78, 5) is 37.8. The number of nitrogens with one attached hydrogen (secondary N) is 1. The second-order valence-corrected chi connectivity index (χ2v) is 14.8. The van der Waals surface area contributed by atoms with Gasteiger partial charge in [-0.05, 0) is 43.4 Å². The van der Waals surface area contributed by atoms with E-state index >= 15 is 0 Å². The van der Waals surface area contributed by atoms with Gasteiger partial charge in [-0.2, -0.15) is 0 Å². The third-order valence-corrected chi connectivity index (χ3v) is 11.7. The van der Waals surface area contributed by atoms with Gasteiger partial charge in [0.15, 0.2) is 0 Å². The zero-order valence-electron chi connectivity index (χ0n) is 28.4. The lowest BCUT2D eigenvalue weighted by Crippen LogP contribution is -2.66. The van der Waals surface area contributed by atoms with Crippen LogP contribution in [0, 0.1) is 5.92 Å². The minimum atomic E-state index is -0.101. The van der Waals surface area contributed by atoms with Gasteiger partial charge in [-0.1, -0.05) is 65.7 Å². The fourth-order valence-electron chi connectivity index (χ4n) is 8.26. The highest BCUT2D eigenvalue weighted by molar-refractivity contribution is 6.39. The van der Waals surface area contributed by atoms with Gasteiger partial charge in [-0.15, -0.1) is 0 Å². The number of hydrogen-bond acceptors (Lipinski definition) is 8. The van der Waals surface area contributed by atoms with Crippen molar-refractivity contribution in [2.24, 2.45) is 5.92 Å². The molecule has 0 unspecified atom stereocenters. The predicted octanol–water partition coefficient (Wildman–Crippen LogP) is 6.77. The highest BCUT2D eigenvalue weighted by Crippen LogP contribution is 2.48. The predicted molar refractivity (Wildman–Crippen MR) is 194 cm³/mol. The van der Waals surface area contributed by atoms with Gasteiger partial charge in [0.25, 0.3) is 0 Å². The van der Waals surface area contributed by atoms with E-state index in [1.165, 1.54) is 11.1 Å². The molecule has 4 heterocycles. The Kier molecular flexibility index (Phi) is 8.58. The van der Waals surface area contributed by atoms with Crippen LogP contribution in [0.25, 0.3) is 33.5 Å². The number of hydrogen-bond donors (Lipinski definition) is 1. The number of benzene rings is 3. The number of carbonyl (C=O) groups excluding carboxylic acids is 2. The molecule has 1 amide bonds. The molecule has 8 rings (SSSR count). The Labute approximate surface area is 301 Å². The molecule has 0 radical (unpaired) electrons. The van der Waals surface area contributed by atoms with Crippen molar-refractivity contribution >= 4 is 34.9 Å². The summed E-state index contributed by atoms with van der Waals surface area (Å²) in [6.45, 7) is 5.46. The van der Waals surface area contributed by atoms with Crippen LogP contribution in [0.5, 0.6) is 11.6 Å². The third-order valence-electron chi connectivity index (χ3n) is 10.9. The van der Waals surface area contributed by atoms with Crippen molar-refractivity contribution < 1.29 is 19.1 Å². The first-order valence-corrected chi connectivity index (χ1v) is 17.9. The number of aromatic nitrogens is 2. The zero-order valence-corrected chi connectivity index (χ0v) is 29.9. The largest absolute Gasteiger partial charge is 0.496 e. The first kappa shape index (κ1) is 33.1. The number of Topliss-reactive ketones (excluding diaryl/α,β-unsaturated/α-hetero) is 1. The molecule has 9 nitrogen and oxygen atoms in total. The van der Waals surface area contributed by atoms with E-state index in [1.54, 1.807) is 27.3 Å². The lowest BCUT2D eigenvalue weighted by molar-refractivity contribution is -0.127. The number of amides is 1. The Balaban J connectivity index is 1.06. The summed E-state index contributed by atoms with van der Waals surface area (Å²) in [5.41, 5.74) is 7.92. The van der Waals surface area contributed by atoms with Gasteiger partial charge >= 0.3 is 0 Å². The van der Waals surface area contributed by atoms with Crippen molar-refractivity contribution in [2.75, 3.05) is 40.4 Å². The summed E-state index contributed by atoms with van der Waals surface area (Å²) in [5, 5.41) is 4.24. The molecule has 258 valence electrons. The minimum Gasteiger partial charge on any atom is -0.496 e. The molecule has 50 heavy (non-hydrogen) atoms. The van der Waals surface area contributed by atoms with Crippen LogP contribution in [0.4, 0.5) is 0 Å². The number of likely N-dealkylation sites (tertiary alicyclic amines) is 2. The van der Waals surface area contributed by atoms with E-state index in [0.717, 1.165) is 84.7 Å². The number of ketones is 1.